The molecule has 3 aromatic heterocycles. The van der Waals surface area contributed by atoms with E-state index in [1.807, 2.05) is 30.3 Å². The summed E-state index contributed by atoms with van der Waals surface area (Å²) in [5.74, 6) is -1.48. The average Bonchev–Trinajstić information content (AvgIpc) is 3.36. The molecule has 1 aromatic carbocycles. The summed E-state index contributed by atoms with van der Waals surface area (Å²) < 4.78 is 39.1. The van der Waals surface area contributed by atoms with Crippen LogP contribution in [0, 0.1) is 0 Å². The second kappa shape index (κ2) is 10.4. The molecule has 36 heavy (non-hydrogen) atoms. The minimum atomic E-state index is -4.70. The maximum atomic E-state index is 13.0. The number of anilines is 1. The Hall–Kier alpha value is -3.90. The monoisotopic (exact) mass is 532 g/mol. The van der Waals surface area contributed by atoms with Crippen molar-refractivity contribution in [3.05, 3.63) is 87.4 Å². The zero-order valence-electron chi connectivity index (χ0n) is 18.4. The Kier molecular flexibility index (Phi) is 7.27. The Morgan fingerprint density at radius 3 is 2.47 bits per heavy atom. The Balaban J connectivity index is 1.43. The normalized spacial score (nSPS) is 12.1. The van der Waals surface area contributed by atoms with Gasteiger partial charge in [-0.05, 0) is 19.1 Å². The number of pyridine rings is 1. The van der Waals surface area contributed by atoms with E-state index >= 15 is 0 Å². The lowest BCUT2D eigenvalue weighted by Gasteiger charge is -2.11. The van der Waals surface area contributed by atoms with Crippen LogP contribution in [0.1, 0.15) is 43.7 Å². The third kappa shape index (κ3) is 5.83. The first-order chi connectivity index (χ1) is 17.1. The standard InChI is InChI=1S/C23H16ClF3N6O2S/c1-12(32-20(34)17-8-16(30-11-31-17)13-5-3-2-4-6-13)22-29-10-18(36-22)21(35)33-19-7-14(23(25,26)27)15(24)9-28-19/h2-12H,1H3,(H,32,34)(H,28,33,35)/t12-/m1/s1. The minimum Gasteiger partial charge on any atom is -0.342 e. The van der Waals surface area contributed by atoms with Crippen LogP contribution < -0.4 is 10.6 Å². The number of thiazole rings is 1. The van der Waals surface area contributed by atoms with Crippen LogP contribution in [0.2, 0.25) is 5.02 Å². The summed E-state index contributed by atoms with van der Waals surface area (Å²) >= 11 is 6.52. The molecule has 3 heterocycles. The van der Waals surface area contributed by atoms with Gasteiger partial charge in [-0.2, -0.15) is 13.2 Å². The van der Waals surface area contributed by atoms with E-state index < -0.39 is 34.6 Å². The molecule has 4 aromatic rings. The van der Waals surface area contributed by atoms with E-state index in [1.165, 1.54) is 12.5 Å². The number of rotatable bonds is 6. The number of amides is 2. The first-order valence-electron chi connectivity index (χ1n) is 10.3. The summed E-state index contributed by atoms with van der Waals surface area (Å²) in [6.07, 6.45) is -1.33. The van der Waals surface area contributed by atoms with Gasteiger partial charge in [0, 0.05) is 11.8 Å². The van der Waals surface area contributed by atoms with Crippen LogP contribution in [-0.2, 0) is 6.18 Å². The lowest BCUT2D eigenvalue weighted by Crippen LogP contribution is -2.27. The summed E-state index contributed by atoms with van der Waals surface area (Å²) in [6.45, 7) is 1.67. The molecule has 1 atom stereocenters. The highest BCUT2D eigenvalue weighted by Crippen LogP contribution is 2.35. The molecule has 0 saturated heterocycles. The number of nitrogens with zero attached hydrogens (tertiary/aromatic N) is 4. The Morgan fingerprint density at radius 2 is 1.75 bits per heavy atom. The lowest BCUT2D eigenvalue weighted by molar-refractivity contribution is -0.137. The van der Waals surface area contributed by atoms with E-state index in [9.17, 15) is 22.8 Å². The molecule has 0 fully saturated rings. The topological polar surface area (TPSA) is 110 Å². The fourth-order valence-electron chi connectivity index (χ4n) is 3.08. The molecule has 0 bridgehead atoms. The van der Waals surface area contributed by atoms with Crippen molar-refractivity contribution < 1.29 is 22.8 Å². The first-order valence-corrected chi connectivity index (χ1v) is 11.5. The molecule has 0 aliphatic carbocycles. The molecule has 0 saturated carbocycles. The Bertz CT molecular complexity index is 1410. The van der Waals surface area contributed by atoms with E-state index in [0.29, 0.717) is 16.8 Å². The van der Waals surface area contributed by atoms with Gasteiger partial charge in [-0.15, -0.1) is 11.3 Å². The van der Waals surface area contributed by atoms with Crippen molar-refractivity contribution >= 4 is 40.6 Å². The Morgan fingerprint density at radius 1 is 1.00 bits per heavy atom. The van der Waals surface area contributed by atoms with Crippen LogP contribution in [0.5, 0.6) is 0 Å². The van der Waals surface area contributed by atoms with Gasteiger partial charge in [0.15, 0.2) is 0 Å². The van der Waals surface area contributed by atoms with Gasteiger partial charge < -0.3 is 10.6 Å². The average molecular weight is 533 g/mol. The number of nitrogens with one attached hydrogen (secondary N) is 2. The van der Waals surface area contributed by atoms with Gasteiger partial charge in [-0.3, -0.25) is 9.59 Å². The van der Waals surface area contributed by atoms with Crippen LogP contribution >= 0.6 is 22.9 Å². The molecule has 0 aliphatic rings. The van der Waals surface area contributed by atoms with Crippen molar-refractivity contribution in [2.24, 2.45) is 0 Å². The number of alkyl halides is 3. The number of hydrogen-bond acceptors (Lipinski definition) is 7. The lowest BCUT2D eigenvalue weighted by atomic mass is 10.1. The van der Waals surface area contributed by atoms with Gasteiger partial charge in [0.1, 0.15) is 27.7 Å². The van der Waals surface area contributed by atoms with E-state index in [2.05, 4.69) is 30.6 Å². The van der Waals surface area contributed by atoms with E-state index in [4.69, 9.17) is 11.6 Å². The number of carbonyl (C=O) groups is 2. The predicted octanol–water partition coefficient (Wildman–Crippen LogP) is 5.41. The number of hydrogen-bond donors (Lipinski definition) is 2. The highest BCUT2D eigenvalue weighted by atomic mass is 35.5. The summed E-state index contributed by atoms with van der Waals surface area (Å²) in [4.78, 5) is 41.4. The number of carbonyl (C=O) groups excluding carboxylic acids is 2. The second-order valence-electron chi connectivity index (χ2n) is 7.41. The van der Waals surface area contributed by atoms with Crippen LogP contribution in [0.15, 0.2) is 61.2 Å². The first kappa shape index (κ1) is 25.2. The largest absolute Gasteiger partial charge is 0.418 e. The molecule has 4 rings (SSSR count). The number of aromatic nitrogens is 4. The molecule has 8 nitrogen and oxygen atoms in total. The Labute approximate surface area is 211 Å². The molecule has 13 heteroatoms. The van der Waals surface area contributed by atoms with Gasteiger partial charge in [0.25, 0.3) is 11.8 Å². The van der Waals surface area contributed by atoms with Crippen molar-refractivity contribution in [2.45, 2.75) is 19.1 Å². The van der Waals surface area contributed by atoms with Gasteiger partial charge in [0.2, 0.25) is 0 Å². The maximum Gasteiger partial charge on any atom is 0.418 e. The summed E-state index contributed by atoms with van der Waals surface area (Å²) in [7, 11) is 0. The fraction of sp³-hybridized carbons (Fsp3) is 0.130. The molecular weight excluding hydrogens is 517 g/mol. The zero-order chi connectivity index (χ0) is 25.9. The summed E-state index contributed by atoms with van der Waals surface area (Å²) in [5, 5.41) is 4.88. The molecule has 2 N–H and O–H groups in total. The second-order valence-corrected chi connectivity index (χ2v) is 8.88. The molecule has 0 unspecified atom stereocenters. The summed E-state index contributed by atoms with van der Waals surface area (Å²) in [6, 6.07) is 10.9. The third-order valence-corrected chi connectivity index (χ3v) is 6.32. The molecule has 184 valence electrons. The molecule has 2 amide bonds. The minimum absolute atomic E-state index is 0.116. The van der Waals surface area contributed by atoms with Crippen molar-refractivity contribution in [3.63, 3.8) is 0 Å². The van der Waals surface area contributed by atoms with E-state index in [-0.39, 0.29) is 16.4 Å². The maximum absolute atomic E-state index is 13.0. The van der Waals surface area contributed by atoms with Crippen molar-refractivity contribution in [1.82, 2.24) is 25.3 Å². The van der Waals surface area contributed by atoms with Crippen LogP contribution in [-0.4, -0.2) is 31.8 Å². The number of benzene rings is 1. The van der Waals surface area contributed by atoms with Crippen LogP contribution in [0.4, 0.5) is 19.0 Å². The molecule has 0 spiro atoms. The van der Waals surface area contributed by atoms with Crippen LogP contribution in [0.25, 0.3) is 11.3 Å². The van der Waals surface area contributed by atoms with Crippen molar-refractivity contribution in [1.29, 1.82) is 0 Å². The van der Waals surface area contributed by atoms with E-state index in [1.54, 1.807) is 13.0 Å². The molecular formula is C23H16ClF3N6O2S. The van der Waals surface area contributed by atoms with Crippen molar-refractivity contribution in [3.8, 4) is 11.3 Å². The quantitative estimate of drug-likeness (QED) is 0.343. The fourth-order valence-corrected chi connectivity index (χ4v) is 4.10. The third-order valence-electron chi connectivity index (χ3n) is 4.84. The number of halogens is 4. The van der Waals surface area contributed by atoms with E-state index in [0.717, 1.165) is 23.1 Å². The van der Waals surface area contributed by atoms with Gasteiger partial charge >= 0.3 is 6.18 Å². The van der Waals surface area contributed by atoms with Crippen molar-refractivity contribution in [2.75, 3.05) is 5.32 Å². The predicted molar refractivity (Wildman–Crippen MR) is 128 cm³/mol. The highest BCUT2D eigenvalue weighted by Gasteiger charge is 2.34. The van der Waals surface area contributed by atoms with Gasteiger partial charge in [0.05, 0.1) is 28.5 Å². The SMILES string of the molecule is C[C@@H](NC(=O)c1cc(-c2ccccc2)ncn1)c1ncc(C(=O)Nc2cc(C(F)(F)F)c(Cl)cn2)s1. The molecule has 0 radical (unpaired) electrons. The van der Waals surface area contributed by atoms with Crippen LogP contribution in [0.3, 0.4) is 0 Å². The van der Waals surface area contributed by atoms with Gasteiger partial charge in [-0.1, -0.05) is 41.9 Å². The smallest absolute Gasteiger partial charge is 0.342 e. The summed E-state index contributed by atoms with van der Waals surface area (Å²) in [5.41, 5.74) is 0.451. The highest BCUT2D eigenvalue weighted by molar-refractivity contribution is 7.13. The molecule has 0 aliphatic heterocycles. The van der Waals surface area contributed by atoms with Gasteiger partial charge in [-0.25, -0.2) is 19.9 Å². The zero-order valence-corrected chi connectivity index (χ0v) is 19.9.